The van der Waals surface area contributed by atoms with Crippen molar-refractivity contribution in [2.45, 2.75) is 39.2 Å². The van der Waals surface area contributed by atoms with E-state index in [0.29, 0.717) is 6.04 Å². The summed E-state index contributed by atoms with van der Waals surface area (Å²) in [4.78, 5) is 0. The van der Waals surface area contributed by atoms with Crippen LogP contribution < -0.4 is 5.32 Å². The van der Waals surface area contributed by atoms with Crippen molar-refractivity contribution in [3.8, 4) is 0 Å². The van der Waals surface area contributed by atoms with Crippen molar-refractivity contribution in [1.29, 1.82) is 0 Å². The van der Waals surface area contributed by atoms with Crippen LogP contribution in [0.2, 0.25) is 0 Å². The number of hydrogen-bond acceptors (Lipinski definition) is 2. The second-order valence-corrected chi connectivity index (χ2v) is 4.51. The van der Waals surface area contributed by atoms with Gasteiger partial charge in [0.15, 0.2) is 0 Å². The van der Waals surface area contributed by atoms with E-state index in [-0.39, 0.29) is 0 Å². The fraction of sp³-hybridized carbons (Fsp3) is 0.818. The lowest BCUT2D eigenvalue weighted by molar-refractivity contribution is 0.511. The third-order valence-corrected chi connectivity index (χ3v) is 2.93. The Balaban J connectivity index is 3.07. The highest BCUT2D eigenvalue weighted by Crippen LogP contribution is 2.01. The maximum atomic E-state index is 3.69. The molecule has 0 aliphatic heterocycles. The van der Waals surface area contributed by atoms with E-state index in [0.717, 1.165) is 12.3 Å². The standard InChI is InChI=1S/C11H23NS/c1-4-6-7-11(3)12-8-10-13-9-5-2/h5,11-12H,2,4,6-10H2,1,3H3. The zero-order valence-electron chi connectivity index (χ0n) is 9.01. The zero-order valence-corrected chi connectivity index (χ0v) is 9.83. The fourth-order valence-corrected chi connectivity index (χ4v) is 1.75. The summed E-state index contributed by atoms with van der Waals surface area (Å²) < 4.78 is 0. The predicted octanol–water partition coefficient (Wildman–Crippen LogP) is 3.07. The molecule has 0 fully saturated rings. The van der Waals surface area contributed by atoms with Crippen molar-refractivity contribution in [3.63, 3.8) is 0 Å². The third kappa shape index (κ3) is 9.97. The van der Waals surface area contributed by atoms with Gasteiger partial charge in [0, 0.05) is 24.1 Å². The highest BCUT2D eigenvalue weighted by atomic mass is 32.2. The molecule has 0 aromatic rings. The van der Waals surface area contributed by atoms with Gasteiger partial charge >= 0.3 is 0 Å². The highest BCUT2D eigenvalue weighted by molar-refractivity contribution is 7.99. The summed E-state index contributed by atoms with van der Waals surface area (Å²) in [6.07, 6.45) is 5.92. The Morgan fingerprint density at radius 2 is 2.31 bits per heavy atom. The molecule has 0 heterocycles. The smallest absolute Gasteiger partial charge is 0.0111 e. The van der Waals surface area contributed by atoms with Crippen molar-refractivity contribution in [3.05, 3.63) is 12.7 Å². The van der Waals surface area contributed by atoms with Crippen LogP contribution in [0.25, 0.3) is 0 Å². The SMILES string of the molecule is C=CCSCCNC(C)CCCC. The maximum absolute atomic E-state index is 3.69. The first kappa shape index (κ1) is 13.1. The van der Waals surface area contributed by atoms with Crippen molar-refractivity contribution in [1.82, 2.24) is 5.32 Å². The fourth-order valence-electron chi connectivity index (χ4n) is 1.16. The molecular weight excluding hydrogens is 178 g/mol. The highest BCUT2D eigenvalue weighted by Gasteiger charge is 1.98. The van der Waals surface area contributed by atoms with Gasteiger partial charge in [0.2, 0.25) is 0 Å². The van der Waals surface area contributed by atoms with Gasteiger partial charge in [-0.15, -0.1) is 6.58 Å². The summed E-state index contributed by atoms with van der Waals surface area (Å²) in [6, 6.07) is 0.685. The Bertz CT molecular complexity index is 115. The number of unbranched alkanes of at least 4 members (excludes halogenated alkanes) is 1. The van der Waals surface area contributed by atoms with Gasteiger partial charge in [-0.3, -0.25) is 0 Å². The first-order valence-electron chi connectivity index (χ1n) is 5.23. The lowest BCUT2D eigenvalue weighted by Crippen LogP contribution is -2.28. The van der Waals surface area contributed by atoms with E-state index in [1.54, 1.807) is 0 Å². The molecular formula is C11H23NS. The normalized spacial score (nSPS) is 12.8. The summed E-state index contributed by atoms with van der Waals surface area (Å²) in [5.41, 5.74) is 0. The van der Waals surface area contributed by atoms with Crippen LogP contribution in [0.3, 0.4) is 0 Å². The molecule has 0 aromatic heterocycles. The summed E-state index contributed by atoms with van der Waals surface area (Å²) in [7, 11) is 0. The minimum Gasteiger partial charge on any atom is -0.313 e. The van der Waals surface area contributed by atoms with E-state index in [1.165, 1.54) is 25.0 Å². The van der Waals surface area contributed by atoms with Crippen LogP contribution in [0.4, 0.5) is 0 Å². The van der Waals surface area contributed by atoms with Gasteiger partial charge in [0.05, 0.1) is 0 Å². The van der Waals surface area contributed by atoms with Crippen LogP contribution in [0.1, 0.15) is 33.1 Å². The molecule has 0 radical (unpaired) electrons. The molecule has 0 aliphatic rings. The number of rotatable bonds is 9. The second-order valence-electron chi connectivity index (χ2n) is 3.36. The Labute approximate surface area is 87.4 Å². The molecule has 1 nitrogen and oxygen atoms in total. The van der Waals surface area contributed by atoms with Gasteiger partial charge in [-0.2, -0.15) is 11.8 Å². The molecule has 0 saturated carbocycles. The van der Waals surface area contributed by atoms with Gasteiger partial charge < -0.3 is 5.32 Å². The Morgan fingerprint density at radius 1 is 1.54 bits per heavy atom. The van der Waals surface area contributed by atoms with E-state index in [4.69, 9.17) is 0 Å². The number of nitrogens with one attached hydrogen (secondary N) is 1. The third-order valence-electron chi connectivity index (χ3n) is 1.97. The lowest BCUT2D eigenvalue weighted by atomic mass is 10.1. The molecule has 0 aromatic carbocycles. The van der Waals surface area contributed by atoms with Crippen LogP contribution >= 0.6 is 11.8 Å². The van der Waals surface area contributed by atoms with E-state index in [1.807, 2.05) is 17.8 Å². The molecule has 0 spiro atoms. The molecule has 2 heteroatoms. The van der Waals surface area contributed by atoms with Crippen molar-refractivity contribution < 1.29 is 0 Å². The monoisotopic (exact) mass is 201 g/mol. The minimum absolute atomic E-state index is 0.685. The average Bonchev–Trinajstić information content (AvgIpc) is 2.14. The quantitative estimate of drug-likeness (QED) is 0.454. The Kier molecular flexibility index (Phi) is 10.2. The first-order chi connectivity index (χ1) is 6.31. The molecule has 1 unspecified atom stereocenters. The largest absolute Gasteiger partial charge is 0.313 e. The van der Waals surface area contributed by atoms with Crippen molar-refractivity contribution >= 4 is 11.8 Å². The van der Waals surface area contributed by atoms with E-state index in [2.05, 4.69) is 25.7 Å². The van der Waals surface area contributed by atoms with Gasteiger partial charge in [0.25, 0.3) is 0 Å². The maximum Gasteiger partial charge on any atom is 0.0111 e. The predicted molar refractivity (Wildman–Crippen MR) is 64.5 cm³/mol. The van der Waals surface area contributed by atoms with Crippen LogP contribution in [0.5, 0.6) is 0 Å². The summed E-state index contributed by atoms with van der Waals surface area (Å²) in [6.45, 7) is 9.34. The van der Waals surface area contributed by atoms with Gasteiger partial charge in [-0.1, -0.05) is 25.8 Å². The average molecular weight is 201 g/mol. The Morgan fingerprint density at radius 3 is 2.92 bits per heavy atom. The number of thioether (sulfide) groups is 1. The van der Waals surface area contributed by atoms with Gasteiger partial charge in [-0.25, -0.2) is 0 Å². The van der Waals surface area contributed by atoms with E-state index in [9.17, 15) is 0 Å². The van der Waals surface area contributed by atoms with Crippen molar-refractivity contribution in [2.75, 3.05) is 18.1 Å². The van der Waals surface area contributed by atoms with Crippen LogP contribution in [0, 0.1) is 0 Å². The van der Waals surface area contributed by atoms with Gasteiger partial charge in [-0.05, 0) is 13.3 Å². The van der Waals surface area contributed by atoms with Crippen LogP contribution in [-0.4, -0.2) is 24.1 Å². The number of hydrogen-bond donors (Lipinski definition) is 1. The molecule has 1 N–H and O–H groups in total. The van der Waals surface area contributed by atoms with Gasteiger partial charge in [0.1, 0.15) is 0 Å². The molecule has 0 bridgehead atoms. The molecule has 0 saturated heterocycles. The molecule has 13 heavy (non-hydrogen) atoms. The summed E-state index contributed by atoms with van der Waals surface area (Å²) >= 11 is 1.94. The van der Waals surface area contributed by atoms with Crippen molar-refractivity contribution in [2.24, 2.45) is 0 Å². The van der Waals surface area contributed by atoms with Crippen LogP contribution in [0.15, 0.2) is 12.7 Å². The Hall–Kier alpha value is 0.0500. The molecule has 0 aliphatic carbocycles. The molecule has 1 atom stereocenters. The minimum atomic E-state index is 0.685. The topological polar surface area (TPSA) is 12.0 Å². The molecule has 0 rings (SSSR count). The summed E-state index contributed by atoms with van der Waals surface area (Å²) in [5, 5.41) is 3.52. The first-order valence-corrected chi connectivity index (χ1v) is 6.38. The molecule has 0 amide bonds. The van der Waals surface area contributed by atoms with E-state index >= 15 is 0 Å². The van der Waals surface area contributed by atoms with Crippen LogP contribution in [-0.2, 0) is 0 Å². The second kappa shape index (κ2) is 10.1. The molecule has 78 valence electrons. The zero-order chi connectivity index (χ0) is 9.94. The lowest BCUT2D eigenvalue weighted by Gasteiger charge is -2.12. The van der Waals surface area contributed by atoms with E-state index < -0.39 is 0 Å². The summed E-state index contributed by atoms with van der Waals surface area (Å²) in [5.74, 6) is 2.27.